The molecule has 0 spiro atoms. The van der Waals surface area contributed by atoms with Gasteiger partial charge in [0.1, 0.15) is 5.75 Å². The second-order valence-corrected chi connectivity index (χ2v) is 11.1. The van der Waals surface area contributed by atoms with Crippen LogP contribution in [0.25, 0.3) is 0 Å². The van der Waals surface area contributed by atoms with E-state index in [9.17, 15) is 19.5 Å². The van der Waals surface area contributed by atoms with E-state index in [1.165, 1.54) is 17.0 Å². The molecule has 4 aromatic rings. The second kappa shape index (κ2) is 8.99. The van der Waals surface area contributed by atoms with Crippen molar-refractivity contribution >= 4 is 45.6 Å². The highest BCUT2D eigenvalue weighted by molar-refractivity contribution is 9.10. The summed E-state index contributed by atoms with van der Waals surface area (Å²) in [6.45, 7) is 0. The van der Waals surface area contributed by atoms with E-state index in [0.717, 1.165) is 22.3 Å². The van der Waals surface area contributed by atoms with E-state index in [1.54, 1.807) is 36.5 Å². The summed E-state index contributed by atoms with van der Waals surface area (Å²) in [5.41, 5.74) is 5.75. The van der Waals surface area contributed by atoms with Gasteiger partial charge in [0.2, 0.25) is 11.8 Å². The minimum atomic E-state index is -1.10. The van der Waals surface area contributed by atoms with Crippen LogP contribution in [0, 0.1) is 11.8 Å². The van der Waals surface area contributed by atoms with Gasteiger partial charge < -0.3 is 5.11 Å². The lowest BCUT2D eigenvalue weighted by molar-refractivity contribution is -0.122. The van der Waals surface area contributed by atoms with Crippen LogP contribution in [-0.2, 0) is 15.0 Å². The van der Waals surface area contributed by atoms with Crippen LogP contribution in [0.5, 0.6) is 5.75 Å². The fourth-order valence-corrected chi connectivity index (χ4v) is 7.19. The number of carbonyl (C=O) groups is 3. The van der Waals surface area contributed by atoms with Gasteiger partial charge in [0.15, 0.2) is 0 Å². The van der Waals surface area contributed by atoms with Crippen molar-refractivity contribution in [2.75, 3.05) is 4.90 Å². The Hall–Kier alpha value is -4.56. The number of hydrazone groups is 1. The lowest BCUT2D eigenvalue weighted by Crippen LogP contribution is -2.54. The summed E-state index contributed by atoms with van der Waals surface area (Å²) >= 11 is 3.32. The summed E-state index contributed by atoms with van der Waals surface area (Å²) in [7, 11) is 0. The molecule has 0 saturated carbocycles. The van der Waals surface area contributed by atoms with E-state index in [0.29, 0.717) is 10.2 Å². The summed E-state index contributed by atoms with van der Waals surface area (Å²) in [4.78, 5) is 42.7. The zero-order valence-corrected chi connectivity index (χ0v) is 22.6. The molecule has 1 fully saturated rings. The molecule has 0 unspecified atom stereocenters. The molecule has 1 aliphatic heterocycles. The molecule has 7 nitrogen and oxygen atoms in total. The van der Waals surface area contributed by atoms with Gasteiger partial charge in [0.05, 0.1) is 28.5 Å². The van der Waals surface area contributed by atoms with Gasteiger partial charge in [-0.05, 0) is 52.6 Å². The largest absolute Gasteiger partial charge is 0.507 e. The van der Waals surface area contributed by atoms with Crippen molar-refractivity contribution < 1.29 is 19.5 Å². The summed E-state index contributed by atoms with van der Waals surface area (Å²) in [6, 6.07) is 29.2. The zero-order valence-electron chi connectivity index (χ0n) is 21.0. The molecular weight excluding hydrogens is 570 g/mol. The van der Waals surface area contributed by atoms with Gasteiger partial charge in [-0.1, -0.05) is 82.7 Å². The van der Waals surface area contributed by atoms with Crippen molar-refractivity contribution in [3.8, 4) is 5.75 Å². The lowest BCUT2D eigenvalue weighted by Gasteiger charge is -2.52. The van der Waals surface area contributed by atoms with Gasteiger partial charge in [0.25, 0.3) is 5.91 Å². The number of para-hydroxylation sites is 1. The molecule has 196 valence electrons. The van der Waals surface area contributed by atoms with Gasteiger partial charge in [-0.25, -0.2) is 10.3 Å². The normalized spacial score (nSPS) is 24.1. The number of halogens is 1. The molecular formula is C32H22BrN3O4. The Bertz CT molecular complexity index is 1700. The third-order valence-corrected chi connectivity index (χ3v) is 8.83. The minimum Gasteiger partial charge on any atom is -0.507 e. The van der Waals surface area contributed by atoms with E-state index in [2.05, 4.69) is 26.5 Å². The predicted octanol–water partition coefficient (Wildman–Crippen LogP) is 5.12. The number of hydrogen-bond acceptors (Lipinski definition) is 5. The monoisotopic (exact) mass is 591 g/mol. The first-order valence-corrected chi connectivity index (χ1v) is 13.7. The fraction of sp³-hybridized carbons (Fsp3) is 0.125. The molecule has 8 rings (SSSR count). The molecule has 1 saturated heterocycles. The summed E-state index contributed by atoms with van der Waals surface area (Å²) in [6.07, 6.45) is 1.60. The van der Waals surface area contributed by atoms with Crippen molar-refractivity contribution in [2.24, 2.45) is 16.9 Å². The Morgan fingerprint density at radius 1 is 0.875 bits per heavy atom. The Kier molecular flexibility index (Phi) is 5.50. The standard InChI is InChI=1S/C32H22BrN3O4/c33-18-14-15-25(37)22(16-18)29(38)35-34-17-32-23-12-6-4-10-20(23)26(21-11-5-7-13-24(21)32)27-28(32)31(40)36(30(27)39)19-8-2-1-3-9-19/h1-17,26-28,37H,(H,35,38)/b34-17+/t26?,27-,28-,32?/m1/s1. The topological polar surface area (TPSA) is 99.1 Å². The SMILES string of the molecule is O=C(N/N=C/C12c3ccccc3C(c3ccccc31)[C@H]1C(=O)N(c3ccccc3)C(=O)[C@@H]12)c1cc(Br)ccc1O. The summed E-state index contributed by atoms with van der Waals surface area (Å²) in [5, 5.41) is 14.6. The number of rotatable bonds is 4. The number of phenolic OH excluding ortho intramolecular Hbond substituents is 1. The highest BCUT2D eigenvalue weighted by Gasteiger charge is 2.68. The molecule has 4 aliphatic rings. The molecule has 40 heavy (non-hydrogen) atoms. The average molecular weight is 592 g/mol. The number of imide groups is 1. The lowest BCUT2D eigenvalue weighted by atomic mass is 9.47. The maximum Gasteiger partial charge on any atom is 0.275 e. The molecule has 8 heteroatoms. The van der Waals surface area contributed by atoms with E-state index in [1.807, 2.05) is 54.6 Å². The smallest absolute Gasteiger partial charge is 0.275 e. The average Bonchev–Trinajstić information content (AvgIpc) is 3.25. The van der Waals surface area contributed by atoms with E-state index >= 15 is 0 Å². The van der Waals surface area contributed by atoms with Gasteiger partial charge >= 0.3 is 0 Å². The van der Waals surface area contributed by atoms with Crippen LogP contribution in [0.2, 0.25) is 0 Å². The molecule has 2 bridgehead atoms. The Balaban J connectivity index is 1.40. The number of carbonyl (C=O) groups excluding carboxylic acids is 3. The zero-order chi connectivity index (χ0) is 27.6. The van der Waals surface area contributed by atoms with Crippen LogP contribution in [0.15, 0.2) is 107 Å². The quantitative estimate of drug-likeness (QED) is 0.195. The Morgan fingerprint density at radius 3 is 2.17 bits per heavy atom. The van der Waals surface area contributed by atoms with Crippen LogP contribution in [-0.4, -0.2) is 29.0 Å². The van der Waals surface area contributed by atoms with E-state index in [-0.39, 0.29) is 29.0 Å². The summed E-state index contributed by atoms with van der Waals surface area (Å²) < 4.78 is 0.630. The number of anilines is 1. The van der Waals surface area contributed by atoms with Crippen molar-refractivity contribution in [3.05, 3.63) is 129 Å². The number of aromatic hydroxyl groups is 1. The second-order valence-electron chi connectivity index (χ2n) is 10.2. The van der Waals surface area contributed by atoms with E-state index < -0.39 is 23.2 Å². The molecule has 2 atom stereocenters. The van der Waals surface area contributed by atoms with Gasteiger partial charge in [-0.3, -0.25) is 14.4 Å². The fourth-order valence-electron chi connectivity index (χ4n) is 6.82. The minimum absolute atomic E-state index is 0.0532. The first kappa shape index (κ1) is 24.5. The molecule has 0 aromatic heterocycles. The molecule has 3 amide bonds. The van der Waals surface area contributed by atoms with E-state index in [4.69, 9.17) is 0 Å². The summed E-state index contributed by atoms with van der Waals surface area (Å²) in [5.74, 6) is -2.99. The molecule has 4 aromatic carbocycles. The van der Waals surface area contributed by atoms with Gasteiger partial charge in [0, 0.05) is 16.6 Å². The highest BCUT2D eigenvalue weighted by Crippen LogP contribution is 2.63. The number of hydrogen-bond donors (Lipinski definition) is 2. The highest BCUT2D eigenvalue weighted by atomic mass is 79.9. The maximum absolute atomic E-state index is 14.3. The number of phenols is 1. The van der Waals surface area contributed by atoms with Crippen molar-refractivity contribution in [3.63, 3.8) is 0 Å². The number of nitrogens with one attached hydrogen (secondary N) is 1. The molecule has 1 heterocycles. The van der Waals surface area contributed by atoms with Crippen LogP contribution < -0.4 is 10.3 Å². The van der Waals surface area contributed by atoms with Crippen LogP contribution in [0.4, 0.5) is 5.69 Å². The Labute approximate surface area is 238 Å². The van der Waals surface area contributed by atoms with Crippen LogP contribution in [0.3, 0.4) is 0 Å². The third-order valence-electron chi connectivity index (χ3n) is 8.34. The molecule has 2 N–H and O–H groups in total. The van der Waals surface area contributed by atoms with Crippen molar-refractivity contribution in [1.82, 2.24) is 5.43 Å². The van der Waals surface area contributed by atoms with Crippen LogP contribution >= 0.6 is 15.9 Å². The van der Waals surface area contributed by atoms with Crippen molar-refractivity contribution in [2.45, 2.75) is 11.3 Å². The first-order chi connectivity index (χ1) is 19.4. The third kappa shape index (κ3) is 3.29. The molecule has 0 radical (unpaired) electrons. The molecule has 3 aliphatic carbocycles. The predicted molar refractivity (Wildman–Crippen MR) is 153 cm³/mol. The maximum atomic E-state index is 14.3. The van der Waals surface area contributed by atoms with Crippen LogP contribution in [0.1, 0.15) is 38.5 Å². The number of benzene rings is 4. The van der Waals surface area contributed by atoms with Gasteiger partial charge in [-0.2, -0.15) is 5.10 Å². The first-order valence-electron chi connectivity index (χ1n) is 12.9. The number of nitrogens with zero attached hydrogens (tertiary/aromatic N) is 2. The van der Waals surface area contributed by atoms with Gasteiger partial charge in [-0.15, -0.1) is 0 Å². The van der Waals surface area contributed by atoms with Crippen molar-refractivity contribution in [1.29, 1.82) is 0 Å². The number of amides is 3. The Morgan fingerprint density at radius 2 is 1.50 bits per heavy atom.